The van der Waals surface area contributed by atoms with Crippen molar-refractivity contribution in [3.63, 3.8) is 0 Å². The normalized spacial score (nSPS) is 13.9. The molecular weight excluding hydrogens is 480 g/mol. The van der Waals surface area contributed by atoms with Gasteiger partial charge in [0.25, 0.3) is 0 Å². The van der Waals surface area contributed by atoms with E-state index in [2.05, 4.69) is 32.2 Å². The molecule has 0 radical (unpaired) electrons. The maximum Gasteiger partial charge on any atom is 0.150 e. The SMILES string of the molecule is C.C=C(NC)/C(N)=C(/C=C(N)N)Nc1cccc(-c2cnn(C3CN(Cc4cccc(N)n4)C3)c2)c1OC. The number of para-hydroxylation sites is 1. The maximum absolute atomic E-state index is 6.27. The Kier molecular flexibility index (Phi) is 8.87. The van der Waals surface area contributed by atoms with E-state index in [1.165, 1.54) is 0 Å². The van der Waals surface area contributed by atoms with E-state index in [1.807, 2.05) is 47.4 Å². The first-order valence-electron chi connectivity index (χ1n) is 11.8. The van der Waals surface area contributed by atoms with Crippen molar-refractivity contribution in [2.24, 2.45) is 17.2 Å². The number of nitrogen functional groups attached to an aromatic ring is 1. The number of aromatic nitrogens is 3. The fourth-order valence-electron chi connectivity index (χ4n) is 4.20. The van der Waals surface area contributed by atoms with Crippen molar-refractivity contribution < 1.29 is 4.74 Å². The monoisotopic (exact) mass is 518 g/mol. The van der Waals surface area contributed by atoms with Gasteiger partial charge < -0.3 is 38.3 Å². The average molecular weight is 519 g/mol. The number of ether oxygens (including phenoxy) is 1. The number of pyridine rings is 1. The quantitative estimate of drug-likeness (QED) is 0.219. The van der Waals surface area contributed by atoms with Crippen LogP contribution in [0.25, 0.3) is 11.1 Å². The summed E-state index contributed by atoms with van der Waals surface area (Å²) >= 11 is 0. The Morgan fingerprint density at radius 3 is 2.58 bits per heavy atom. The van der Waals surface area contributed by atoms with Crippen molar-refractivity contribution in [3.05, 3.63) is 90.1 Å². The predicted molar refractivity (Wildman–Crippen MR) is 153 cm³/mol. The molecular formula is C27H38N10O. The second-order valence-electron chi connectivity index (χ2n) is 8.82. The van der Waals surface area contributed by atoms with Crippen LogP contribution in [0.1, 0.15) is 19.2 Å². The molecule has 1 fully saturated rings. The molecule has 1 saturated heterocycles. The Morgan fingerprint density at radius 2 is 1.92 bits per heavy atom. The van der Waals surface area contributed by atoms with E-state index in [4.69, 9.17) is 27.7 Å². The van der Waals surface area contributed by atoms with Crippen molar-refractivity contribution >= 4 is 11.5 Å². The lowest BCUT2D eigenvalue weighted by molar-refractivity contribution is 0.0896. The highest BCUT2D eigenvalue weighted by Crippen LogP contribution is 2.38. The molecule has 0 spiro atoms. The third-order valence-corrected chi connectivity index (χ3v) is 6.16. The van der Waals surface area contributed by atoms with Crippen molar-refractivity contribution in [1.29, 1.82) is 0 Å². The minimum Gasteiger partial charge on any atom is -0.494 e. The number of hydrogen-bond acceptors (Lipinski definition) is 10. The second-order valence-corrected chi connectivity index (χ2v) is 8.82. The van der Waals surface area contributed by atoms with E-state index >= 15 is 0 Å². The van der Waals surface area contributed by atoms with Crippen LogP contribution in [0.2, 0.25) is 0 Å². The molecule has 0 amide bonds. The molecule has 3 aromatic rings. The smallest absolute Gasteiger partial charge is 0.150 e. The third-order valence-electron chi connectivity index (χ3n) is 6.16. The Labute approximate surface area is 223 Å². The van der Waals surface area contributed by atoms with E-state index in [1.54, 1.807) is 26.3 Å². The molecule has 38 heavy (non-hydrogen) atoms. The van der Waals surface area contributed by atoms with Crippen LogP contribution in [0.4, 0.5) is 11.5 Å². The summed E-state index contributed by atoms with van der Waals surface area (Å²) in [5.41, 5.74) is 28.4. The Morgan fingerprint density at radius 1 is 1.18 bits per heavy atom. The molecule has 1 aromatic carbocycles. The molecule has 11 heteroatoms. The number of likely N-dealkylation sites (N-methyl/N-ethyl adjacent to an activating group) is 1. The van der Waals surface area contributed by atoms with Crippen LogP contribution in [-0.2, 0) is 6.54 Å². The van der Waals surface area contributed by atoms with Gasteiger partial charge in [0, 0.05) is 50.1 Å². The molecule has 11 nitrogen and oxygen atoms in total. The number of rotatable bonds is 10. The fourth-order valence-corrected chi connectivity index (χ4v) is 4.20. The number of anilines is 2. The van der Waals surface area contributed by atoms with Gasteiger partial charge in [0.1, 0.15) is 11.6 Å². The first-order valence-corrected chi connectivity index (χ1v) is 11.8. The molecule has 0 aliphatic carbocycles. The highest BCUT2D eigenvalue weighted by atomic mass is 16.5. The Hall–Kier alpha value is -4.64. The Balaban J connectivity index is 0.00000400. The van der Waals surface area contributed by atoms with Gasteiger partial charge in [-0.15, -0.1) is 0 Å². The maximum atomic E-state index is 6.27. The van der Waals surface area contributed by atoms with E-state index in [0.29, 0.717) is 34.3 Å². The largest absolute Gasteiger partial charge is 0.494 e. The van der Waals surface area contributed by atoms with Crippen LogP contribution >= 0.6 is 0 Å². The molecule has 1 aliphatic heterocycles. The molecule has 4 rings (SSSR count). The topological polar surface area (TPSA) is 171 Å². The van der Waals surface area contributed by atoms with Crippen LogP contribution in [0.15, 0.2) is 84.4 Å². The second kappa shape index (κ2) is 12.1. The number of nitrogens with two attached hydrogens (primary N) is 4. The van der Waals surface area contributed by atoms with Gasteiger partial charge in [0.05, 0.1) is 53.6 Å². The molecule has 10 N–H and O–H groups in total. The lowest BCUT2D eigenvalue weighted by atomic mass is 10.1. The molecule has 1 aliphatic rings. The van der Waals surface area contributed by atoms with E-state index in [9.17, 15) is 0 Å². The summed E-state index contributed by atoms with van der Waals surface area (Å²) in [5.74, 6) is 1.28. The summed E-state index contributed by atoms with van der Waals surface area (Å²) < 4.78 is 7.79. The highest BCUT2D eigenvalue weighted by molar-refractivity contribution is 5.79. The summed E-state index contributed by atoms with van der Waals surface area (Å²) in [6.07, 6.45) is 5.42. The predicted octanol–water partition coefficient (Wildman–Crippen LogP) is 2.30. The van der Waals surface area contributed by atoms with Crippen LogP contribution in [0.5, 0.6) is 5.75 Å². The summed E-state index contributed by atoms with van der Waals surface area (Å²) in [6.45, 7) is 6.44. The van der Waals surface area contributed by atoms with Crippen LogP contribution in [0, 0.1) is 0 Å². The zero-order valence-electron chi connectivity index (χ0n) is 21.1. The summed E-state index contributed by atoms with van der Waals surface area (Å²) in [6, 6.07) is 11.8. The van der Waals surface area contributed by atoms with E-state index < -0.39 is 0 Å². The van der Waals surface area contributed by atoms with Crippen molar-refractivity contribution in [1.82, 2.24) is 25.0 Å². The molecule has 0 bridgehead atoms. The van der Waals surface area contributed by atoms with Crippen molar-refractivity contribution in [2.75, 3.05) is 38.3 Å². The molecule has 0 unspecified atom stereocenters. The zero-order valence-corrected chi connectivity index (χ0v) is 21.1. The average Bonchev–Trinajstić information content (AvgIpc) is 3.33. The minimum atomic E-state index is 0. The fraction of sp³-hybridized carbons (Fsp3) is 0.259. The molecule has 202 valence electrons. The lowest BCUT2D eigenvalue weighted by Gasteiger charge is -2.39. The summed E-state index contributed by atoms with van der Waals surface area (Å²) in [4.78, 5) is 6.69. The van der Waals surface area contributed by atoms with Gasteiger partial charge in [-0.05, 0) is 18.2 Å². The molecule has 2 aromatic heterocycles. The first-order chi connectivity index (χ1) is 17.8. The highest BCUT2D eigenvalue weighted by Gasteiger charge is 2.29. The van der Waals surface area contributed by atoms with Gasteiger partial charge in [-0.1, -0.05) is 32.2 Å². The summed E-state index contributed by atoms with van der Waals surface area (Å²) in [7, 11) is 3.35. The minimum absolute atomic E-state index is 0. The van der Waals surface area contributed by atoms with Gasteiger partial charge >= 0.3 is 0 Å². The molecule has 0 atom stereocenters. The number of benzene rings is 1. The van der Waals surface area contributed by atoms with E-state index in [0.717, 1.165) is 36.5 Å². The van der Waals surface area contributed by atoms with Crippen LogP contribution < -0.4 is 38.3 Å². The van der Waals surface area contributed by atoms with Crippen molar-refractivity contribution in [2.45, 2.75) is 20.0 Å². The number of likely N-dealkylation sites (tertiary alicyclic amines) is 1. The number of allylic oxidation sites excluding steroid dienone is 1. The zero-order chi connectivity index (χ0) is 26.5. The van der Waals surface area contributed by atoms with Gasteiger partial charge in [0.15, 0.2) is 0 Å². The van der Waals surface area contributed by atoms with Crippen LogP contribution in [-0.4, -0.2) is 46.9 Å². The van der Waals surface area contributed by atoms with Crippen molar-refractivity contribution in [3.8, 4) is 16.9 Å². The first kappa shape index (κ1) is 27.9. The van der Waals surface area contributed by atoms with E-state index in [-0.39, 0.29) is 19.3 Å². The number of hydrogen-bond donors (Lipinski definition) is 6. The number of nitrogens with zero attached hydrogens (tertiary/aromatic N) is 4. The summed E-state index contributed by atoms with van der Waals surface area (Å²) in [5, 5.41) is 10.8. The van der Waals surface area contributed by atoms with Crippen LogP contribution in [0.3, 0.4) is 0 Å². The van der Waals surface area contributed by atoms with Gasteiger partial charge in [-0.25, -0.2) is 4.98 Å². The standard InChI is InChI=1S/C26H34N10O.CH4/c1-16(31-2)25(30)22(10-23(27)28)34-21-8-5-7-20(26(21)37-3)17-11-32-36(12-17)19-14-35(15-19)13-18-6-4-9-24(29)33-18;/h4-12,19,31,34H,1,13-15,27-28,30H2,2-3H3,(H2,29,33);1H4/b25-22+;. The molecule has 0 saturated carbocycles. The molecule has 3 heterocycles. The Bertz CT molecular complexity index is 1330. The number of nitrogens with one attached hydrogen (secondary N) is 2. The lowest BCUT2D eigenvalue weighted by Crippen LogP contribution is -2.47. The van der Waals surface area contributed by atoms with Gasteiger partial charge in [0.2, 0.25) is 0 Å². The number of methoxy groups -OCH3 is 1. The van der Waals surface area contributed by atoms with Gasteiger partial charge in [-0.3, -0.25) is 9.58 Å². The third kappa shape index (κ3) is 6.19. The van der Waals surface area contributed by atoms with Gasteiger partial charge in [-0.2, -0.15) is 5.10 Å².